The summed E-state index contributed by atoms with van der Waals surface area (Å²) in [6.07, 6.45) is 3.96. The molecule has 0 radical (unpaired) electrons. The molecule has 1 atom stereocenters. The number of carbonyl (C=O) groups is 1. The van der Waals surface area contributed by atoms with Crippen LogP contribution < -0.4 is 0 Å². The van der Waals surface area contributed by atoms with Crippen molar-refractivity contribution in [2.45, 2.75) is 50.8 Å². The van der Waals surface area contributed by atoms with Crippen LogP contribution in [0.2, 0.25) is 0 Å². The average Bonchev–Trinajstić information content (AvgIpc) is 2.53. The maximum atomic E-state index is 12.8. The summed E-state index contributed by atoms with van der Waals surface area (Å²) in [5.41, 5.74) is 0. The molecule has 1 saturated carbocycles. The molecular weight excluding hydrogens is 171 g/mol. The van der Waals surface area contributed by atoms with E-state index in [4.69, 9.17) is 4.74 Å². The molecule has 2 rings (SSSR count). The van der Waals surface area contributed by atoms with Crippen LogP contribution in [0.5, 0.6) is 0 Å². The molecule has 0 aromatic carbocycles. The largest absolute Gasteiger partial charge is 0.462 e. The molecular formula is C10H15FO2. The Morgan fingerprint density at radius 3 is 2.38 bits per heavy atom. The molecule has 0 aromatic rings. The second-order valence-corrected chi connectivity index (χ2v) is 4.08. The molecule has 1 aliphatic heterocycles. The van der Waals surface area contributed by atoms with E-state index in [0.717, 1.165) is 19.3 Å². The molecule has 1 unspecified atom stereocenters. The van der Waals surface area contributed by atoms with E-state index in [2.05, 4.69) is 0 Å². The zero-order valence-electron chi connectivity index (χ0n) is 7.67. The van der Waals surface area contributed by atoms with Crippen LogP contribution in [0.15, 0.2) is 0 Å². The third kappa shape index (κ3) is 2.01. The Morgan fingerprint density at radius 1 is 1.15 bits per heavy atom. The Morgan fingerprint density at radius 2 is 1.85 bits per heavy atom. The van der Waals surface area contributed by atoms with Gasteiger partial charge in [0.25, 0.3) is 0 Å². The third-order valence-corrected chi connectivity index (χ3v) is 3.14. The number of alkyl halides is 1. The topological polar surface area (TPSA) is 26.3 Å². The normalized spacial score (nSPS) is 40.4. The Hall–Kier alpha value is -0.600. The maximum Gasteiger partial charge on any atom is 0.306 e. The molecule has 0 aromatic heterocycles. The van der Waals surface area contributed by atoms with Crippen LogP contribution in [-0.2, 0) is 9.53 Å². The number of hydrogen-bond acceptors (Lipinski definition) is 2. The minimum absolute atomic E-state index is 0.0765. The molecule has 0 spiro atoms. The number of ether oxygens (including phenoxy) is 1. The highest BCUT2D eigenvalue weighted by Crippen LogP contribution is 2.33. The zero-order valence-corrected chi connectivity index (χ0v) is 7.67. The Kier molecular flexibility index (Phi) is 2.51. The van der Waals surface area contributed by atoms with Crippen molar-refractivity contribution in [3.8, 4) is 0 Å². The molecule has 2 fully saturated rings. The minimum atomic E-state index is -0.617. The standard InChI is InChI=1S/C10H15FO2/c11-8-3-1-7(2-4-8)9-5-6-10(12)13-9/h7-9H,1-6H2. The Labute approximate surface area is 77.5 Å². The summed E-state index contributed by atoms with van der Waals surface area (Å²) in [6.45, 7) is 0. The molecule has 2 aliphatic rings. The Balaban J connectivity index is 1.84. The lowest BCUT2D eigenvalue weighted by Crippen LogP contribution is -2.26. The van der Waals surface area contributed by atoms with Crippen LogP contribution in [0.3, 0.4) is 0 Å². The number of carbonyl (C=O) groups excluding carboxylic acids is 1. The van der Waals surface area contributed by atoms with Crippen molar-refractivity contribution in [1.82, 2.24) is 0 Å². The van der Waals surface area contributed by atoms with E-state index in [1.165, 1.54) is 0 Å². The van der Waals surface area contributed by atoms with Gasteiger partial charge in [0.05, 0.1) is 0 Å². The van der Waals surface area contributed by atoms with Gasteiger partial charge in [-0.2, -0.15) is 0 Å². The second kappa shape index (κ2) is 3.64. The van der Waals surface area contributed by atoms with Crippen molar-refractivity contribution >= 4 is 5.97 Å². The van der Waals surface area contributed by atoms with Crippen molar-refractivity contribution in [3.63, 3.8) is 0 Å². The van der Waals surface area contributed by atoms with Gasteiger partial charge in [-0.25, -0.2) is 4.39 Å². The highest BCUT2D eigenvalue weighted by Gasteiger charge is 2.33. The average molecular weight is 186 g/mol. The molecule has 3 heteroatoms. The number of rotatable bonds is 1. The fraction of sp³-hybridized carbons (Fsp3) is 0.900. The summed E-state index contributed by atoms with van der Waals surface area (Å²) in [5, 5.41) is 0. The van der Waals surface area contributed by atoms with Gasteiger partial charge < -0.3 is 4.74 Å². The van der Waals surface area contributed by atoms with Crippen molar-refractivity contribution in [2.24, 2.45) is 5.92 Å². The van der Waals surface area contributed by atoms with Gasteiger partial charge in [-0.15, -0.1) is 0 Å². The SMILES string of the molecule is O=C1CCC(C2CCC(F)CC2)O1. The fourth-order valence-corrected chi connectivity index (χ4v) is 2.33. The Bertz CT molecular complexity index is 197. The van der Waals surface area contributed by atoms with E-state index in [9.17, 15) is 9.18 Å². The molecule has 0 amide bonds. The molecule has 74 valence electrons. The second-order valence-electron chi connectivity index (χ2n) is 4.08. The van der Waals surface area contributed by atoms with Gasteiger partial charge in [0.15, 0.2) is 0 Å². The summed E-state index contributed by atoms with van der Waals surface area (Å²) >= 11 is 0. The van der Waals surface area contributed by atoms with E-state index in [0.29, 0.717) is 25.2 Å². The first-order valence-corrected chi connectivity index (χ1v) is 5.09. The molecule has 0 bridgehead atoms. The predicted octanol–water partition coefficient (Wildman–Crippen LogP) is 2.22. The van der Waals surface area contributed by atoms with E-state index in [-0.39, 0.29) is 12.1 Å². The monoisotopic (exact) mass is 186 g/mol. The zero-order chi connectivity index (χ0) is 9.26. The summed E-state index contributed by atoms with van der Waals surface area (Å²) < 4.78 is 18.0. The van der Waals surface area contributed by atoms with Crippen molar-refractivity contribution in [2.75, 3.05) is 0 Å². The molecule has 2 nitrogen and oxygen atoms in total. The van der Waals surface area contributed by atoms with Gasteiger partial charge >= 0.3 is 5.97 Å². The number of esters is 1. The van der Waals surface area contributed by atoms with E-state index >= 15 is 0 Å². The number of hydrogen-bond donors (Lipinski definition) is 0. The van der Waals surface area contributed by atoms with Crippen LogP contribution >= 0.6 is 0 Å². The van der Waals surface area contributed by atoms with E-state index < -0.39 is 6.17 Å². The fourth-order valence-electron chi connectivity index (χ4n) is 2.33. The predicted molar refractivity (Wildman–Crippen MR) is 46.0 cm³/mol. The smallest absolute Gasteiger partial charge is 0.306 e. The highest BCUT2D eigenvalue weighted by atomic mass is 19.1. The van der Waals surface area contributed by atoms with E-state index in [1.54, 1.807) is 0 Å². The van der Waals surface area contributed by atoms with Gasteiger partial charge in [0, 0.05) is 6.42 Å². The van der Waals surface area contributed by atoms with Gasteiger partial charge in [0.2, 0.25) is 0 Å². The number of cyclic esters (lactones) is 1. The van der Waals surface area contributed by atoms with Gasteiger partial charge in [-0.05, 0) is 38.0 Å². The summed E-state index contributed by atoms with van der Waals surface area (Å²) in [7, 11) is 0. The quantitative estimate of drug-likeness (QED) is 0.587. The summed E-state index contributed by atoms with van der Waals surface area (Å²) in [5.74, 6) is 0.353. The van der Waals surface area contributed by atoms with E-state index in [1.807, 2.05) is 0 Å². The lowest BCUT2D eigenvalue weighted by molar-refractivity contribution is -0.143. The van der Waals surface area contributed by atoms with Crippen molar-refractivity contribution in [3.05, 3.63) is 0 Å². The van der Waals surface area contributed by atoms with Crippen LogP contribution in [0.1, 0.15) is 38.5 Å². The van der Waals surface area contributed by atoms with Crippen LogP contribution in [0.4, 0.5) is 4.39 Å². The van der Waals surface area contributed by atoms with Gasteiger partial charge in [-0.1, -0.05) is 0 Å². The first kappa shape index (κ1) is 8.97. The van der Waals surface area contributed by atoms with Gasteiger partial charge in [-0.3, -0.25) is 4.79 Å². The van der Waals surface area contributed by atoms with Crippen LogP contribution in [0, 0.1) is 5.92 Å². The minimum Gasteiger partial charge on any atom is -0.462 e. The molecule has 1 saturated heterocycles. The highest BCUT2D eigenvalue weighted by molar-refractivity contribution is 5.71. The first-order valence-electron chi connectivity index (χ1n) is 5.09. The van der Waals surface area contributed by atoms with Crippen LogP contribution in [-0.4, -0.2) is 18.2 Å². The molecule has 13 heavy (non-hydrogen) atoms. The molecule has 0 N–H and O–H groups in total. The van der Waals surface area contributed by atoms with Crippen LogP contribution in [0.25, 0.3) is 0 Å². The lowest BCUT2D eigenvalue weighted by Gasteiger charge is -2.27. The third-order valence-electron chi connectivity index (χ3n) is 3.14. The molecule has 1 aliphatic carbocycles. The lowest BCUT2D eigenvalue weighted by atomic mass is 9.83. The first-order chi connectivity index (χ1) is 6.25. The number of halogens is 1. The van der Waals surface area contributed by atoms with Crippen molar-refractivity contribution < 1.29 is 13.9 Å². The van der Waals surface area contributed by atoms with Crippen molar-refractivity contribution in [1.29, 1.82) is 0 Å². The summed E-state index contributed by atoms with van der Waals surface area (Å²) in [4.78, 5) is 10.9. The maximum absolute atomic E-state index is 12.8. The summed E-state index contributed by atoms with van der Waals surface area (Å²) in [6, 6.07) is 0. The molecule has 1 heterocycles. The van der Waals surface area contributed by atoms with Gasteiger partial charge in [0.1, 0.15) is 12.3 Å².